The van der Waals surface area contributed by atoms with Crippen LogP contribution in [-0.4, -0.2) is 10.2 Å². The number of hydrogen-bond acceptors (Lipinski definition) is 2. The number of unbranched alkanes of at least 4 members (excludes halogenated alkanes) is 8. The molecule has 4 unspecified atom stereocenters. The maximum Gasteiger partial charge on any atom is 0.122 e. The lowest BCUT2D eigenvalue weighted by Crippen LogP contribution is -2.05. The second kappa shape index (κ2) is 20.1. The number of rotatable bonds is 22. The van der Waals surface area contributed by atoms with E-state index in [1.165, 1.54) is 88.2 Å². The molecule has 0 heterocycles. The van der Waals surface area contributed by atoms with Gasteiger partial charge in [-0.05, 0) is 89.2 Å². The van der Waals surface area contributed by atoms with E-state index in [-0.39, 0.29) is 0 Å². The van der Waals surface area contributed by atoms with Crippen molar-refractivity contribution in [3.05, 3.63) is 57.6 Å². The SMILES string of the molecule is CCCCCC(C)c1cc(Cc2cc(C(C)CCCCC)c(O)c(C(C)CCCCC)c2)cc(C(C)CCCCC)c1O. The summed E-state index contributed by atoms with van der Waals surface area (Å²) in [6.45, 7) is 18.2. The summed E-state index contributed by atoms with van der Waals surface area (Å²) >= 11 is 0. The molecular formula is C41H68O2. The topological polar surface area (TPSA) is 40.5 Å². The molecule has 244 valence electrons. The van der Waals surface area contributed by atoms with Gasteiger partial charge in [0.05, 0.1) is 0 Å². The van der Waals surface area contributed by atoms with Gasteiger partial charge in [-0.3, -0.25) is 0 Å². The Morgan fingerprint density at radius 2 is 0.651 bits per heavy atom. The number of phenolic OH excluding ortho intramolecular Hbond substituents is 2. The minimum absolute atomic E-state index is 0.344. The quantitative estimate of drug-likeness (QED) is 0.133. The van der Waals surface area contributed by atoms with Gasteiger partial charge in [-0.15, -0.1) is 0 Å². The molecule has 2 rings (SSSR count). The standard InChI is InChI=1S/C41H68O2/c1-9-13-17-21-30(5)36-26-34(27-37(40(36)42)31(6)22-18-14-10-2)25-35-28-38(32(7)23-19-15-11-3)41(43)39(29-35)33(8)24-20-16-12-4/h26-33,42-43H,9-25H2,1-8H3. The zero-order valence-corrected chi connectivity index (χ0v) is 29.5. The summed E-state index contributed by atoms with van der Waals surface area (Å²) in [5.41, 5.74) is 7.12. The van der Waals surface area contributed by atoms with Crippen molar-refractivity contribution in [3.8, 4) is 11.5 Å². The molecule has 4 atom stereocenters. The van der Waals surface area contributed by atoms with Gasteiger partial charge in [0.2, 0.25) is 0 Å². The molecule has 2 N–H and O–H groups in total. The van der Waals surface area contributed by atoms with Crippen LogP contribution in [0.1, 0.15) is 215 Å². The van der Waals surface area contributed by atoms with Crippen molar-refractivity contribution in [2.24, 2.45) is 0 Å². The average molecular weight is 593 g/mol. The first-order valence-corrected chi connectivity index (χ1v) is 18.4. The summed E-state index contributed by atoms with van der Waals surface area (Å²) in [5, 5.41) is 23.2. The molecule has 2 nitrogen and oxygen atoms in total. The second-order valence-corrected chi connectivity index (χ2v) is 14.0. The molecule has 0 spiro atoms. The molecule has 0 saturated heterocycles. The van der Waals surface area contributed by atoms with Gasteiger partial charge in [0.25, 0.3) is 0 Å². The molecule has 0 aliphatic rings. The Balaban J connectivity index is 2.54. The van der Waals surface area contributed by atoms with Gasteiger partial charge in [-0.2, -0.15) is 0 Å². The van der Waals surface area contributed by atoms with Crippen molar-refractivity contribution < 1.29 is 10.2 Å². The third-order valence-electron chi connectivity index (χ3n) is 9.95. The van der Waals surface area contributed by atoms with Crippen molar-refractivity contribution in [2.75, 3.05) is 0 Å². The molecule has 43 heavy (non-hydrogen) atoms. The first-order chi connectivity index (χ1) is 20.7. The summed E-state index contributed by atoms with van der Waals surface area (Å²) in [7, 11) is 0. The van der Waals surface area contributed by atoms with Crippen molar-refractivity contribution in [3.63, 3.8) is 0 Å². The average Bonchev–Trinajstić information content (AvgIpc) is 2.98. The molecule has 2 aromatic rings. The second-order valence-electron chi connectivity index (χ2n) is 14.0. The van der Waals surface area contributed by atoms with Crippen LogP contribution in [0.3, 0.4) is 0 Å². The third kappa shape index (κ3) is 11.8. The van der Waals surface area contributed by atoms with Gasteiger partial charge in [-0.25, -0.2) is 0 Å². The number of phenols is 2. The highest BCUT2D eigenvalue weighted by Crippen LogP contribution is 2.41. The maximum absolute atomic E-state index is 11.6. The molecule has 2 aromatic carbocycles. The van der Waals surface area contributed by atoms with Crippen molar-refractivity contribution in [1.82, 2.24) is 0 Å². The van der Waals surface area contributed by atoms with Crippen LogP contribution in [0.5, 0.6) is 11.5 Å². The van der Waals surface area contributed by atoms with E-state index in [1.807, 2.05) is 0 Å². The molecule has 0 aliphatic carbocycles. The minimum Gasteiger partial charge on any atom is -0.507 e. The molecule has 0 saturated carbocycles. The Bertz CT molecular complexity index is 896. The monoisotopic (exact) mass is 593 g/mol. The van der Waals surface area contributed by atoms with Gasteiger partial charge in [0, 0.05) is 0 Å². The lowest BCUT2D eigenvalue weighted by Gasteiger charge is -2.23. The molecule has 0 aromatic heterocycles. The van der Waals surface area contributed by atoms with Crippen molar-refractivity contribution in [1.29, 1.82) is 0 Å². The molecule has 0 radical (unpaired) electrons. The van der Waals surface area contributed by atoms with Crippen LogP contribution in [0.15, 0.2) is 24.3 Å². The lowest BCUT2D eigenvalue weighted by molar-refractivity contribution is 0.442. The molecule has 0 bridgehead atoms. The Morgan fingerprint density at radius 1 is 0.419 bits per heavy atom. The summed E-state index contributed by atoms with van der Waals surface area (Å²) in [6, 6.07) is 9.21. The predicted molar refractivity (Wildman–Crippen MR) is 189 cm³/mol. The van der Waals surface area contributed by atoms with Crippen molar-refractivity contribution >= 4 is 0 Å². The van der Waals surface area contributed by atoms with E-state index in [2.05, 4.69) is 79.7 Å². The van der Waals surface area contributed by atoms with Crippen LogP contribution in [-0.2, 0) is 6.42 Å². The fraction of sp³-hybridized carbons (Fsp3) is 0.707. The number of hydrogen-bond donors (Lipinski definition) is 2. The Labute approximate surface area is 267 Å². The van der Waals surface area contributed by atoms with E-state index in [1.54, 1.807) is 0 Å². The van der Waals surface area contributed by atoms with E-state index in [9.17, 15) is 10.2 Å². The molecule has 0 fully saturated rings. The van der Waals surface area contributed by atoms with Gasteiger partial charge in [0.1, 0.15) is 11.5 Å². The number of aromatic hydroxyl groups is 2. The van der Waals surface area contributed by atoms with E-state index in [0.717, 1.165) is 54.4 Å². The molecule has 0 amide bonds. The predicted octanol–water partition coefficient (Wildman–Crippen LogP) is 13.4. The van der Waals surface area contributed by atoms with E-state index >= 15 is 0 Å². The zero-order chi connectivity index (χ0) is 31.8. The maximum atomic E-state index is 11.6. The van der Waals surface area contributed by atoms with Gasteiger partial charge in [-0.1, -0.05) is 157 Å². The molecule has 0 aliphatic heterocycles. The van der Waals surface area contributed by atoms with E-state index in [4.69, 9.17) is 0 Å². The van der Waals surface area contributed by atoms with Gasteiger partial charge in [0.15, 0.2) is 0 Å². The fourth-order valence-electron chi connectivity index (χ4n) is 6.86. The third-order valence-corrected chi connectivity index (χ3v) is 9.95. The Morgan fingerprint density at radius 3 is 0.860 bits per heavy atom. The van der Waals surface area contributed by atoms with Crippen LogP contribution in [0.2, 0.25) is 0 Å². The van der Waals surface area contributed by atoms with Gasteiger partial charge >= 0.3 is 0 Å². The summed E-state index contributed by atoms with van der Waals surface area (Å²) in [5.74, 6) is 2.45. The largest absolute Gasteiger partial charge is 0.507 e. The van der Waals surface area contributed by atoms with Crippen LogP contribution < -0.4 is 0 Å². The Kier molecular flexibility index (Phi) is 17.4. The lowest BCUT2D eigenvalue weighted by atomic mass is 9.83. The minimum atomic E-state index is 0.344. The first kappa shape index (κ1) is 37.2. The van der Waals surface area contributed by atoms with E-state index in [0.29, 0.717) is 35.2 Å². The highest BCUT2D eigenvalue weighted by Gasteiger charge is 2.22. The summed E-state index contributed by atoms with van der Waals surface area (Å²) in [4.78, 5) is 0. The molecular weight excluding hydrogens is 524 g/mol. The van der Waals surface area contributed by atoms with Crippen LogP contribution in [0, 0.1) is 0 Å². The summed E-state index contributed by atoms with van der Waals surface area (Å²) in [6.07, 6.45) is 20.0. The highest BCUT2D eigenvalue weighted by atomic mass is 16.3. The van der Waals surface area contributed by atoms with Crippen molar-refractivity contribution in [2.45, 2.75) is 188 Å². The van der Waals surface area contributed by atoms with Crippen LogP contribution in [0.4, 0.5) is 0 Å². The van der Waals surface area contributed by atoms with Crippen LogP contribution in [0.25, 0.3) is 0 Å². The number of benzene rings is 2. The van der Waals surface area contributed by atoms with Gasteiger partial charge < -0.3 is 10.2 Å². The smallest absolute Gasteiger partial charge is 0.122 e. The summed E-state index contributed by atoms with van der Waals surface area (Å²) < 4.78 is 0. The first-order valence-electron chi connectivity index (χ1n) is 18.4. The Hall–Kier alpha value is -1.96. The molecule has 2 heteroatoms. The van der Waals surface area contributed by atoms with Crippen LogP contribution >= 0.6 is 0 Å². The van der Waals surface area contributed by atoms with E-state index < -0.39 is 0 Å². The fourth-order valence-corrected chi connectivity index (χ4v) is 6.86. The zero-order valence-electron chi connectivity index (χ0n) is 29.5. The normalized spacial score (nSPS) is 14.5. The highest BCUT2D eigenvalue weighted by molar-refractivity contribution is 5.51.